The molecule has 0 aliphatic rings. The van der Waals surface area contributed by atoms with Gasteiger partial charge in [0.15, 0.2) is 0 Å². The van der Waals surface area contributed by atoms with E-state index >= 15 is 0 Å². The number of imidazole rings is 1. The Morgan fingerprint density at radius 1 is 1.04 bits per heavy atom. The first-order chi connectivity index (χ1) is 11.8. The highest BCUT2D eigenvalue weighted by molar-refractivity contribution is 5.85. The number of H-pyrrole nitrogens is 1. The SMILES string of the molecule is O=C(Cc1ccn[nH]1)Cc1c(-c2ccccc2)ccc2cncn12. The number of carbonyl (C=O) groups is 1. The molecule has 0 saturated heterocycles. The number of ketones is 1. The van der Waals surface area contributed by atoms with Gasteiger partial charge in [-0.1, -0.05) is 36.4 Å². The second-order valence-corrected chi connectivity index (χ2v) is 5.72. The van der Waals surface area contributed by atoms with Crippen LogP contribution in [0.5, 0.6) is 0 Å². The van der Waals surface area contributed by atoms with Gasteiger partial charge in [-0.2, -0.15) is 5.10 Å². The lowest BCUT2D eigenvalue weighted by atomic mass is 9.99. The Kier molecular flexibility index (Phi) is 3.67. The quantitative estimate of drug-likeness (QED) is 0.615. The van der Waals surface area contributed by atoms with Crippen LogP contribution in [-0.4, -0.2) is 25.4 Å². The summed E-state index contributed by atoms with van der Waals surface area (Å²) in [6, 6.07) is 16.0. The van der Waals surface area contributed by atoms with Crippen LogP contribution in [0.3, 0.4) is 0 Å². The Balaban J connectivity index is 1.74. The van der Waals surface area contributed by atoms with Gasteiger partial charge in [0.1, 0.15) is 5.78 Å². The highest BCUT2D eigenvalue weighted by atomic mass is 16.1. The molecule has 3 heterocycles. The van der Waals surface area contributed by atoms with Gasteiger partial charge in [-0.3, -0.25) is 9.89 Å². The molecule has 24 heavy (non-hydrogen) atoms. The minimum absolute atomic E-state index is 0.137. The summed E-state index contributed by atoms with van der Waals surface area (Å²) in [5, 5.41) is 6.74. The van der Waals surface area contributed by atoms with E-state index in [1.165, 1.54) is 0 Å². The first-order valence-corrected chi connectivity index (χ1v) is 7.80. The smallest absolute Gasteiger partial charge is 0.144 e. The van der Waals surface area contributed by atoms with E-state index < -0.39 is 0 Å². The number of aromatic nitrogens is 4. The zero-order valence-corrected chi connectivity index (χ0v) is 13.0. The molecule has 3 aromatic heterocycles. The predicted octanol–water partition coefficient (Wildman–Crippen LogP) is 3.08. The molecule has 0 fully saturated rings. The van der Waals surface area contributed by atoms with E-state index in [4.69, 9.17) is 0 Å². The number of hydrogen-bond donors (Lipinski definition) is 1. The molecule has 0 unspecified atom stereocenters. The third-order valence-corrected chi connectivity index (χ3v) is 4.09. The van der Waals surface area contributed by atoms with E-state index in [1.54, 1.807) is 18.7 Å². The van der Waals surface area contributed by atoms with Crippen LogP contribution in [0.2, 0.25) is 0 Å². The van der Waals surface area contributed by atoms with Crippen LogP contribution in [0.1, 0.15) is 11.4 Å². The molecule has 0 radical (unpaired) electrons. The molecule has 0 bridgehead atoms. The molecule has 0 spiro atoms. The number of pyridine rings is 1. The molecule has 0 saturated carbocycles. The summed E-state index contributed by atoms with van der Waals surface area (Å²) < 4.78 is 1.99. The fraction of sp³-hybridized carbons (Fsp3) is 0.105. The summed E-state index contributed by atoms with van der Waals surface area (Å²) in [4.78, 5) is 16.8. The van der Waals surface area contributed by atoms with Crippen LogP contribution in [-0.2, 0) is 17.6 Å². The Labute approximate surface area is 139 Å². The molecular weight excluding hydrogens is 300 g/mol. The van der Waals surface area contributed by atoms with Gasteiger partial charge in [-0.15, -0.1) is 0 Å². The van der Waals surface area contributed by atoms with Gasteiger partial charge in [0.05, 0.1) is 18.0 Å². The number of carbonyl (C=O) groups excluding carboxylic acids is 1. The Morgan fingerprint density at radius 3 is 2.71 bits per heavy atom. The number of aromatic amines is 1. The van der Waals surface area contributed by atoms with Crippen molar-refractivity contribution in [1.82, 2.24) is 19.6 Å². The van der Waals surface area contributed by atoms with Crippen LogP contribution in [0, 0.1) is 0 Å². The fourth-order valence-electron chi connectivity index (χ4n) is 2.95. The van der Waals surface area contributed by atoms with E-state index in [0.717, 1.165) is 28.0 Å². The highest BCUT2D eigenvalue weighted by Crippen LogP contribution is 2.25. The van der Waals surface area contributed by atoms with E-state index in [0.29, 0.717) is 12.8 Å². The van der Waals surface area contributed by atoms with Crippen molar-refractivity contribution >= 4 is 11.3 Å². The zero-order valence-electron chi connectivity index (χ0n) is 13.0. The van der Waals surface area contributed by atoms with Crippen molar-refractivity contribution < 1.29 is 4.79 Å². The van der Waals surface area contributed by atoms with Crippen molar-refractivity contribution in [1.29, 1.82) is 0 Å². The van der Waals surface area contributed by atoms with Crippen LogP contribution in [0.25, 0.3) is 16.6 Å². The van der Waals surface area contributed by atoms with E-state index in [2.05, 4.69) is 33.4 Å². The van der Waals surface area contributed by atoms with Crippen molar-refractivity contribution in [2.75, 3.05) is 0 Å². The van der Waals surface area contributed by atoms with Crippen LogP contribution < -0.4 is 0 Å². The Morgan fingerprint density at radius 2 is 1.92 bits per heavy atom. The maximum atomic E-state index is 12.5. The minimum Gasteiger partial charge on any atom is -0.302 e. The van der Waals surface area contributed by atoms with Crippen LogP contribution in [0.15, 0.2) is 67.3 Å². The molecule has 118 valence electrons. The van der Waals surface area contributed by atoms with Crippen molar-refractivity contribution in [2.45, 2.75) is 12.8 Å². The molecule has 0 atom stereocenters. The molecule has 0 aliphatic heterocycles. The van der Waals surface area contributed by atoms with Crippen molar-refractivity contribution in [3.05, 3.63) is 78.6 Å². The molecule has 1 aromatic carbocycles. The summed E-state index contributed by atoms with van der Waals surface area (Å²) >= 11 is 0. The predicted molar refractivity (Wildman–Crippen MR) is 91.6 cm³/mol. The molecule has 1 N–H and O–H groups in total. The molecular formula is C19H16N4O. The maximum Gasteiger partial charge on any atom is 0.144 e. The fourth-order valence-corrected chi connectivity index (χ4v) is 2.95. The summed E-state index contributed by atoms with van der Waals surface area (Å²) in [5.74, 6) is 0.137. The number of fused-ring (bicyclic) bond motifs is 1. The first kappa shape index (κ1) is 14.4. The second-order valence-electron chi connectivity index (χ2n) is 5.72. The van der Waals surface area contributed by atoms with Gasteiger partial charge in [0.2, 0.25) is 0 Å². The van der Waals surface area contributed by atoms with Crippen molar-refractivity contribution in [3.8, 4) is 11.1 Å². The van der Waals surface area contributed by atoms with Crippen LogP contribution in [0.4, 0.5) is 0 Å². The molecule has 4 rings (SSSR count). The standard InChI is InChI=1S/C19H16N4O/c24-17(10-15-8-9-21-22-15)11-19-18(14-4-2-1-3-5-14)7-6-16-12-20-13-23(16)19/h1-9,12-13H,10-11H2,(H,21,22). The van der Waals surface area contributed by atoms with E-state index in [-0.39, 0.29) is 5.78 Å². The first-order valence-electron chi connectivity index (χ1n) is 7.80. The summed E-state index contributed by atoms with van der Waals surface area (Å²) in [5.41, 5.74) is 4.93. The van der Waals surface area contributed by atoms with E-state index in [9.17, 15) is 4.79 Å². The third-order valence-electron chi connectivity index (χ3n) is 4.09. The Bertz CT molecular complexity index is 971. The largest absolute Gasteiger partial charge is 0.302 e. The normalized spacial score (nSPS) is 11.0. The second kappa shape index (κ2) is 6.12. The van der Waals surface area contributed by atoms with Gasteiger partial charge in [-0.25, -0.2) is 4.98 Å². The maximum absolute atomic E-state index is 12.5. The minimum atomic E-state index is 0.137. The van der Waals surface area contributed by atoms with Crippen molar-refractivity contribution in [2.24, 2.45) is 0 Å². The number of nitrogens with zero attached hydrogens (tertiary/aromatic N) is 3. The van der Waals surface area contributed by atoms with Gasteiger partial charge in [0.25, 0.3) is 0 Å². The number of hydrogen-bond acceptors (Lipinski definition) is 3. The number of benzene rings is 1. The lowest BCUT2D eigenvalue weighted by Gasteiger charge is -2.12. The molecule has 0 amide bonds. The van der Waals surface area contributed by atoms with Gasteiger partial charge in [0, 0.05) is 36.0 Å². The molecule has 4 aromatic rings. The average molecular weight is 316 g/mol. The van der Waals surface area contributed by atoms with Gasteiger partial charge in [-0.05, 0) is 17.7 Å². The molecule has 5 nitrogen and oxygen atoms in total. The summed E-state index contributed by atoms with van der Waals surface area (Å²) in [6.07, 6.45) is 5.92. The lowest BCUT2D eigenvalue weighted by Crippen LogP contribution is -2.11. The third kappa shape index (κ3) is 2.72. The van der Waals surface area contributed by atoms with Gasteiger partial charge >= 0.3 is 0 Å². The molecule has 5 heteroatoms. The van der Waals surface area contributed by atoms with Crippen molar-refractivity contribution in [3.63, 3.8) is 0 Å². The summed E-state index contributed by atoms with van der Waals surface area (Å²) in [7, 11) is 0. The number of Topliss-reactive ketones (excluding diaryl/α,β-unsaturated/α-hetero) is 1. The average Bonchev–Trinajstić information content (AvgIpc) is 3.27. The Hall–Kier alpha value is -3.21. The zero-order chi connectivity index (χ0) is 16.4. The topological polar surface area (TPSA) is 63.0 Å². The van der Waals surface area contributed by atoms with E-state index in [1.807, 2.05) is 34.7 Å². The number of rotatable bonds is 5. The number of nitrogens with one attached hydrogen (secondary N) is 1. The highest BCUT2D eigenvalue weighted by Gasteiger charge is 2.14. The summed E-state index contributed by atoms with van der Waals surface area (Å²) in [6.45, 7) is 0. The lowest BCUT2D eigenvalue weighted by molar-refractivity contribution is -0.117. The monoisotopic (exact) mass is 316 g/mol. The van der Waals surface area contributed by atoms with Crippen LogP contribution >= 0.6 is 0 Å². The van der Waals surface area contributed by atoms with Gasteiger partial charge < -0.3 is 4.40 Å². The molecule has 0 aliphatic carbocycles.